The predicted octanol–water partition coefficient (Wildman–Crippen LogP) is 4.02. The second kappa shape index (κ2) is 7.09. The van der Waals surface area contributed by atoms with Crippen LogP contribution in [0.15, 0.2) is 48.5 Å². The average Bonchev–Trinajstić information content (AvgIpc) is 3.33. The summed E-state index contributed by atoms with van der Waals surface area (Å²) in [5, 5.41) is 2.93. The van der Waals surface area contributed by atoms with E-state index >= 15 is 0 Å². The molecule has 1 fully saturated rings. The smallest absolute Gasteiger partial charge is 0.339 e. The number of aryl methyl sites for hydroxylation is 1. The van der Waals surface area contributed by atoms with Gasteiger partial charge in [-0.3, -0.25) is 4.79 Å². The Hall–Kier alpha value is -2.62. The molecule has 1 aliphatic rings. The molecular formula is C21H23NO3. The van der Waals surface area contributed by atoms with Gasteiger partial charge < -0.3 is 10.1 Å². The molecule has 0 bridgehead atoms. The Morgan fingerprint density at radius 3 is 2.48 bits per heavy atom. The van der Waals surface area contributed by atoms with Crippen molar-refractivity contribution in [1.82, 2.24) is 0 Å². The van der Waals surface area contributed by atoms with E-state index in [-0.39, 0.29) is 17.7 Å². The first-order chi connectivity index (χ1) is 12.1. The Bertz CT molecular complexity index is 785. The topological polar surface area (TPSA) is 55.4 Å². The van der Waals surface area contributed by atoms with Crippen molar-refractivity contribution in [3.8, 4) is 0 Å². The summed E-state index contributed by atoms with van der Waals surface area (Å²) in [7, 11) is 1.35. The minimum absolute atomic E-state index is 0.0456. The van der Waals surface area contributed by atoms with Gasteiger partial charge in [0.15, 0.2) is 0 Å². The predicted molar refractivity (Wildman–Crippen MR) is 97.6 cm³/mol. The van der Waals surface area contributed by atoms with Crippen molar-refractivity contribution in [2.75, 3.05) is 12.4 Å². The third kappa shape index (κ3) is 3.43. The molecule has 2 aromatic carbocycles. The van der Waals surface area contributed by atoms with Gasteiger partial charge in [0.1, 0.15) is 0 Å². The first kappa shape index (κ1) is 17.2. The molecule has 4 nitrogen and oxygen atoms in total. The summed E-state index contributed by atoms with van der Waals surface area (Å²) in [4.78, 5) is 24.8. The molecule has 1 N–H and O–H groups in total. The molecule has 3 unspecified atom stereocenters. The van der Waals surface area contributed by atoms with Gasteiger partial charge in [0.05, 0.1) is 18.4 Å². The molecule has 0 spiro atoms. The van der Waals surface area contributed by atoms with Crippen LogP contribution in [0.5, 0.6) is 0 Å². The highest BCUT2D eigenvalue weighted by atomic mass is 16.5. The second-order valence-corrected chi connectivity index (χ2v) is 6.54. The quantitative estimate of drug-likeness (QED) is 0.838. The summed E-state index contributed by atoms with van der Waals surface area (Å²) in [6.45, 7) is 4.11. The molecule has 0 aromatic heterocycles. The van der Waals surface area contributed by atoms with E-state index in [4.69, 9.17) is 4.74 Å². The van der Waals surface area contributed by atoms with E-state index in [0.29, 0.717) is 17.2 Å². The maximum absolute atomic E-state index is 12.7. The van der Waals surface area contributed by atoms with Gasteiger partial charge in [-0.1, -0.05) is 50.2 Å². The summed E-state index contributed by atoms with van der Waals surface area (Å²) in [6.07, 6.45) is 0.813. The molecule has 0 aliphatic heterocycles. The molecule has 0 saturated heterocycles. The van der Waals surface area contributed by atoms with Crippen LogP contribution in [-0.4, -0.2) is 19.0 Å². The number of nitrogens with one attached hydrogen (secondary N) is 1. The number of rotatable bonds is 5. The zero-order valence-corrected chi connectivity index (χ0v) is 14.8. The van der Waals surface area contributed by atoms with Gasteiger partial charge in [0, 0.05) is 5.92 Å². The van der Waals surface area contributed by atoms with Crippen molar-refractivity contribution >= 4 is 17.6 Å². The van der Waals surface area contributed by atoms with Crippen molar-refractivity contribution in [2.45, 2.75) is 26.2 Å². The van der Waals surface area contributed by atoms with Crippen LogP contribution in [0, 0.1) is 11.8 Å². The summed E-state index contributed by atoms with van der Waals surface area (Å²) in [5.41, 5.74) is 3.13. The highest BCUT2D eigenvalue weighted by Crippen LogP contribution is 2.54. The molecule has 1 saturated carbocycles. The maximum Gasteiger partial charge on any atom is 0.339 e. The van der Waals surface area contributed by atoms with Crippen molar-refractivity contribution in [3.05, 3.63) is 65.2 Å². The number of hydrogen-bond donors (Lipinski definition) is 1. The van der Waals surface area contributed by atoms with E-state index in [0.717, 1.165) is 12.0 Å². The lowest BCUT2D eigenvalue weighted by Gasteiger charge is -2.11. The maximum atomic E-state index is 12.7. The number of benzene rings is 2. The van der Waals surface area contributed by atoms with Gasteiger partial charge in [0.25, 0.3) is 0 Å². The van der Waals surface area contributed by atoms with Crippen LogP contribution >= 0.6 is 0 Å². The molecule has 1 amide bonds. The van der Waals surface area contributed by atoms with Crippen molar-refractivity contribution in [2.24, 2.45) is 11.8 Å². The van der Waals surface area contributed by atoms with E-state index < -0.39 is 5.97 Å². The highest BCUT2D eigenvalue weighted by molar-refractivity contribution is 6.03. The van der Waals surface area contributed by atoms with Crippen LogP contribution in [0.2, 0.25) is 0 Å². The minimum Gasteiger partial charge on any atom is -0.465 e. The van der Waals surface area contributed by atoms with Crippen LogP contribution in [-0.2, 0) is 16.0 Å². The Balaban J connectivity index is 1.79. The zero-order chi connectivity index (χ0) is 18.0. The van der Waals surface area contributed by atoms with E-state index in [9.17, 15) is 9.59 Å². The molecule has 25 heavy (non-hydrogen) atoms. The molecule has 3 rings (SSSR count). The Kier molecular flexibility index (Phi) is 4.88. The average molecular weight is 337 g/mol. The monoisotopic (exact) mass is 337 g/mol. The molecular weight excluding hydrogens is 314 g/mol. The molecule has 0 heterocycles. The Morgan fingerprint density at radius 2 is 1.84 bits per heavy atom. The lowest BCUT2D eigenvalue weighted by molar-refractivity contribution is -0.117. The molecule has 3 atom stereocenters. The number of amides is 1. The van der Waals surface area contributed by atoms with Crippen molar-refractivity contribution in [1.29, 1.82) is 0 Å². The fourth-order valence-corrected chi connectivity index (χ4v) is 3.47. The fraction of sp³-hybridized carbons (Fsp3) is 0.333. The van der Waals surface area contributed by atoms with Crippen molar-refractivity contribution < 1.29 is 14.3 Å². The van der Waals surface area contributed by atoms with Crippen LogP contribution in [0.1, 0.15) is 41.3 Å². The number of carbonyl (C=O) groups is 2. The van der Waals surface area contributed by atoms with Crippen LogP contribution in [0.4, 0.5) is 5.69 Å². The largest absolute Gasteiger partial charge is 0.465 e. The number of anilines is 1. The molecule has 2 aromatic rings. The lowest BCUT2D eigenvalue weighted by Crippen LogP contribution is -2.18. The standard InChI is InChI=1S/C21H23NO3/c1-4-14-10-11-17(16(12-14)21(24)25-3)22-20(23)19-13(2)18(19)15-8-6-5-7-9-15/h5-13,18-19H,4H2,1-3H3,(H,22,23). The number of esters is 1. The first-order valence-corrected chi connectivity index (χ1v) is 8.63. The number of methoxy groups -OCH3 is 1. The highest BCUT2D eigenvalue weighted by Gasteiger charge is 2.52. The van der Waals surface area contributed by atoms with Gasteiger partial charge in [-0.15, -0.1) is 0 Å². The molecule has 1 aliphatic carbocycles. The van der Waals surface area contributed by atoms with Crippen LogP contribution in [0.3, 0.4) is 0 Å². The number of hydrogen-bond acceptors (Lipinski definition) is 3. The number of ether oxygens (including phenoxy) is 1. The Morgan fingerprint density at radius 1 is 1.12 bits per heavy atom. The lowest BCUT2D eigenvalue weighted by atomic mass is 10.1. The van der Waals surface area contributed by atoms with Crippen LogP contribution in [0.25, 0.3) is 0 Å². The van der Waals surface area contributed by atoms with E-state index in [1.807, 2.05) is 31.2 Å². The van der Waals surface area contributed by atoms with Gasteiger partial charge in [0.2, 0.25) is 5.91 Å². The Labute approximate surface area is 148 Å². The minimum atomic E-state index is -0.436. The third-order valence-electron chi connectivity index (χ3n) is 5.02. The first-order valence-electron chi connectivity index (χ1n) is 8.63. The summed E-state index contributed by atoms with van der Waals surface area (Å²) < 4.78 is 4.86. The number of carbonyl (C=O) groups excluding carboxylic acids is 2. The third-order valence-corrected chi connectivity index (χ3v) is 5.02. The second-order valence-electron chi connectivity index (χ2n) is 6.54. The van der Waals surface area contributed by atoms with Gasteiger partial charge in [-0.2, -0.15) is 0 Å². The molecule has 0 radical (unpaired) electrons. The normalized spacial score (nSPS) is 21.5. The van der Waals surface area contributed by atoms with Gasteiger partial charge in [-0.05, 0) is 41.5 Å². The summed E-state index contributed by atoms with van der Waals surface area (Å²) in [5.74, 6) is -0.0276. The van der Waals surface area contributed by atoms with Gasteiger partial charge >= 0.3 is 5.97 Å². The SMILES string of the molecule is CCc1ccc(NC(=O)C2C(C)C2c2ccccc2)c(C(=O)OC)c1. The van der Waals surface area contributed by atoms with E-state index in [1.165, 1.54) is 12.7 Å². The molecule has 4 heteroatoms. The van der Waals surface area contributed by atoms with Crippen molar-refractivity contribution in [3.63, 3.8) is 0 Å². The van der Waals surface area contributed by atoms with Gasteiger partial charge in [-0.25, -0.2) is 4.79 Å². The van der Waals surface area contributed by atoms with E-state index in [2.05, 4.69) is 24.4 Å². The summed E-state index contributed by atoms with van der Waals surface area (Å²) >= 11 is 0. The van der Waals surface area contributed by atoms with E-state index in [1.54, 1.807) is 12.1 Å². The summed E-state index contributed by atoms with van der Waals surface area (Å²) in [6, 6.07) is 15.6. The fourth-order valence-electron chi connectivity index (χ4n) is 3.47. The molecule has 130 valence electrons. The zero-order valence-electron chi connectivity index (χ0n) is 14.8. The van der Waals surface area contributed by atoms with Crippen LogP contribution < -0.4 is 5.32 Å².